The van der Waals surface area contributed by atoms with Crippen molar-refractivity contribution in [3.8, 4) is 0 Å². The van der Waals surface area contributed by atoms with Gasteiger partial charge in [0.05, 0.1) is 22.4 Å². The number of hydrogen-bond donors (Lipinski definition) is 0. The van der Waals surface area contributed by atoms with Crippen LogP contribution in [0.25, 0.3) is 0 Å². The standard InChI is InChI=1S/C25H21Cl3N2O4/c1-13-4-3-5-19-21(13)25(34)30(24(19)33)29(23(32)18-11-10-17(27)12-20(18)28)14(2)22(31)15-6-8-16(26)9-7-15/h3-4,6-14,19,21H,5H2,1-2H3/t13-,14-,19+,21-/m1/s1. The Kier molecular flexibility index (Phi) is 6.85. The highest BCUT2D eigenvalue weighted by Gasteiger charge is 2.54. The van der Waals surface area contributed by atoms with Gasteiger partial charge in [-0.2, -0.15) is 5.01 Å². The Morgan fingerprint density at radius 3 is 2.26 bits per heavy atom. The highest BCUT2D eigenvalue weighted by Crippen LogP contribution is 2.40. The molecule has 3 amide bonds. The van der Waals surface area contributed by atoms with Crippen LogP contribution in [-0.4, -0.2) is 39.6 Å². The first-order valence-electron chi connectivity index (χ1n) is 10.7. The molecule has 176 valence electrons. The zero-order valence-electron chi connectivity index (χ0n) is 18.4. The topological polar surface area (TPSA) is 74.8 Å². The zero-order chi connectivity index (χ0) is 24.7. The largest absolute Gasteiger partial charge is 0.292 e. The van der Waals surface area contributed by atoms with Crippen molar-refractivity contribution in [2.75, 3.05) is 0 Å². The van der Waals surface area contributed by atoms with E-state index in [9.17, 15) is 19.2 Å². The lowest BCUT2D eigenvalue weighted by atomic mass is 9.78. The summed E-state index contributed by atoms with van der Waals surface area (Å²) in [6, 6.07) is 9.24. The molecule has 0 spiro atoms. The molecule has 1 aliphatic heterocycles. The van der Waals surface area contributed by atoms with Gasteiger partial charge >= 0.3 is 0 Å². The summed E-state index contributed by atoms with van der Waals surface area (Å²) in [4.78, 5) is 54.0. The minimum absolute atomic E-state index is 0.0171. The van der Waals surface area contributed by atoms with Gasteiger partial charge in [-0.15, -0.1) is 0 Å². The lowest BCUT2D eigenvalue weighted by Crippen LogP contribution is -2.56. The fourth-order valence-electron chi connectivity index (χ4n) is 4.54. The van der Waals surface area contributed by atoms with Crippen LogP contribution in [0.3, 0.4) is 0 Å². The van der Waals surface area contributed by atoms with Crippen molar-refractivity contribution in [1.29, 1.82) is 0 Å². The van der Waals surface area contributed by atoms with Gasteiger partial charge in [0.15, 0.2) is 5.78 Å². The summed E-state index contributed by atoms with van der Waals surface area (Å²) in [6.07, 6.45) is 4.14. The van der Waals surface area contributed by atoms with E-state index in [4.69, 9.17) is 34.8 Å². The summed E-state index contributed by atoms with van der Waals surface area (Å²) in [5.74, 6) is -3.62. The molecule has 1 saturated heterocycles. The molecule has 34 heavy (non-hydrogen) atoms. The number of hydrogen-bond acceptors (Lipinski definition) is 4. The molecule has 0 N–H and O–H groups in total. The molecule has 4 atom stereocenters. The first-order chi connectivity index (χ1) is 16.1. The summed E-state index contributed by atoms with van der Waals surface area (Å²) in [5, 5.41) is 2.57. The van der Waals surface area contributed by atoms with Crippen LogP contribution in [0.2, 0.25) is 15.1 Å². The Bertz CT molecular complexity index is 1210. The number of imide groups is 1. The van der Waals surface area contributed by atoms with Crippen LogP contribution in [0.4, 0.5) is 0 Å². The van der Waals surface area contributed by atoms with E-state index in [0.717, 1.165) is 10.0 Å². The number of allylic oxidation sites excluding steroid dienone is 2. The molecule has 1 aliphatic carbocycles. The molecular weight excluding hydrogens is 499 g/mol. The number of benzene rings is 2. The summed E-state index contributed by atoms with van der Waals surface area (Å²) in [5.41, 5.74) is 0.298. The van der Waals surface area contributed by atoms with Crippen LogP contribution in [0.5, 0.6) is 0 Å². The van der Waals surface area contributed by atoms with Crippen LogP contribution >= 0.6 is 34.8 Å². The van der Waals surface area contributed by atoms with Crippen molar-refractivity contribution in [3.05, 3.63) is 80.8 Å². The summed E-state index contributed by atoms with van der Waals surface area (Å²) < 4.78 is 0. The van der Waals surface area contributed by atoms with E-state index in [1.807, 2.05) is 19.1 Å². The Labute approximate surface area is 212 Å². The average Bonchev–Trinajstić information content (AvgIpc) is 3.05. The smallest absolute Gasteiger partial charge is 0.275 e. The molecule has 9 heteroatoms. The van der Waals surface area contributed by atoms with Gasteiger partial charge in [0.2, 0.25) is 0 Å². The number of halogens is 3. The number of amides is 3. The van der Waals surface area contributed by atoms with Gasteiger partial charge < -0.3 is 0 Å². The fourth-order valence-corrected chi connectivity index (χ4v) is 5.15. The maximum Gasteiger partial charge on any atom is 0.275 e. The van der Waals surface area contributed by atoms with Gasteiger partial charge in [-0.05, 0) is 61.7 Å². The predicted molar refractivity (Wildman–Crippen MR) is 130 cm³/mol. The van der Waals surface area contributed by atoms with Crippen LogP contribution in [0.15, 0.2) is 54.6 Å². The van der Waals surface area contributed by atoms with Crippen molar-refractivity contribution in [2.24, 2.45) is 17.8 Å². The predicted octanol–water partition coefficient (Wildman–Crippen LogP) is 5.47. The number of Topliss-reactive ketones (excluding diaryl/α,β-unsaturated/α-hetero) is 1. The second kappa shape index (κ2) is 9.53. The number of carbonyl (C=O) groups excluding carboxylic acids is 4. The van der Waals surface area contributed by atoms with Gasteiger partial charge in [0.25, 0.3) is 17.7 Å². The quantitative estimate of drug-likeness (QED) is 0.298. The molecule has 2 aliphatic rings. The minimum atomic E-state index is -1.18. The molecule has 0 bridgehead atoms. The third-order valence-corrected chi connectivity index (χ3v) is 7.11. The molecule has 6 nitrogen and oxygen atoms in total. The molecule has 1 fully saturated rings. The molecule has 2 aromatic rings. The monoisotopic (exact) mass is 518 g/mol. The van der Waals surface area contributed by atoms with Gasteiger partial charge in [-0.25, -0.2) is 5.01 Å². The van der Waals surface area contributed by atoms with Crippen molar-refractivity contribution in [1.82, 2.24) is 10.0 Å². The van der Waals surface area contributed by atoms with E-state index < -0.39 is 41.4 Å². The maximum absolute atomic E-state index is 13.7. The molecule has 1 heterocycles. The van der Waals surface area contributed by atoms with Crippen molar-refractivity contribution < 1.29 is 19.2 Å². The van der Waals surface area contributed by atoms with E-state index in [0.29, 0.717) is 16.5 Å². The first-order valence-corrected chi connectivity index (χ1v) is 11.9. The zero-order valence-corrected chi connectivity index (χ0v) is 20.6. The number of hydrazine groups is 1. The highest BCUT2D eigenvalue weighted by molar-refractivity contribution is 6.37. The minimum Gasteiger partial charge on any atom is -0.292 e. The first kappa shape index (κ1) is 24.5. The lowest BCUT2D eigenvalue weighted by molar-refractivity contribution is -0.156. The normalized spacial score (nSPS) is 22.5. The molecule has 2 aromatic carbocycles. The SMILES string of the molecule is C[C@@H]1C=CC[C@@H]2C(=O)N(N(C(=O)c3ccc(Cl)cc3Cl)[C@H](C)C(=O)c3ccc(Cl)cc3)C(=O)[C@H]12. The van der Waals surface area contributed by atoms with Crippen molar-refractivity contribution >= 4 is 58.3 Å². The number of carbonyl (C=O) groups is 4. The number of fused-ring (bicyclic) bond motifs is 1. The Hall–Kier alpha value is -2.67. The maximum atomic E-state index is 13.7. The third-order valence-electron chi connectivity index (χ3n) is 6.31. The van der Waals surface area contributed by atoms with Crippen LogP contribution < -0.4 is 0 Å². The number of rotatable bonds is 5. The molecule has 0 unspecified atom stereocenters. The number of ketones is 1. The molecular formula is C25H21Cl3N2O4. The fraction of sp³-hybridized carbons (Fsp3) is 0.280. The highest BCUT2D eigenvalue weighted by atomic mass is 35.5. The van der Waals surface area contributed by atoms with Gasteiger partial charge in [0.1, 0.15) is 6.04 Å². The van der Waals surface area contributed by atoms with E-state index in [1.165, 1.54) is 37.3 Å². The van der Waals surface area contributed by atoms with Gasteiger partial charge in [-0.1, -0.05) is 53.9 Å². The Morgan fingerprint density at radius 2 is 1.65 bits per heavy atom. The van der Waals surface area contributed by atoms with E-state index in [2.05, 4.69) is 0 Å². The molecule has 0 radical (unpaired) electrons. The average molecular weight is 520 g/mol. The number of nitrogens with zero attached hydrogens (tertiary/aromatic N) is 2. The molecule has 4 rings (SSSR count). The van der Waals surface area contributed by atoms with Gasteiger partial charge in [0, 0.05) is 15.6 Å². The summed E-state index contributed by atoms with van der Waals surface area (Å²) >= 11 is 18.2. The molecule has 0 saturated carbocycles. The second-order valence-electron chi connectivity index (χ2n) is 8.46. The van der Waals surface area contributed by atoms with E-state index in [1.54, 1.807) is 12.1 Å². The van der Waals surface area contributed by atoms with Crippen molar-refractivity contribution in [3.63, 3.8) is 0 Å². The van der Waals surface area contributed by atoms with Crippen molar-refractivity contribution in [2.45, 2.75) is 26.3 Å². The summed E-state index contributed by atoms with van der Waals surface area (Å²) in [6.45, 7) is 3.33. The second-order valence-corrected chi connectivity index (χ2v) is 9.74. The van der Waals surface area contributed by atoms with Crippen LogP contribution in [-0.2, 0) is 9.59 Å². The Balaban J connectivity index is 1.79. The van der Waals surface area contributed by atoms with Crippen LogP contribution in [0, 0.1) is 17.8 Å². The third kappa shape index (κ3) is 4.26. The molecule has 0 aromatic heterocycles. The van der Waals surface area contributed by atoms with E-state index >= 15 is 0 Å². The van der Waals surface area contributed by atoms with Crippen LogP contribution in [0.1, 0.15) is 41.0 Å². The van der Waals surface area contributed by atoms with E-state index in [-0.39, 0.29) is 22.1 Å². The Morgan fingerprint density at radius 1 is 1.00 bits per heavy atom. The lowest BCUT2D eigenvalue weighted by Gasteiger charge is -2.35. The van der Waals surface area contributed by atoms with Gasteiger partial charge in [-0.3, -0.25) is 19.2 Å². The summed E-state index contributed by atoms with van der Waals surface area (Å²) in [7, 11) is 0.